The molecule has 4 fully saturated rings. The lowest BCUT2D eigenvalue weighted by molar-refractivity contribution is -0.119. The van der Waals surface area contributed by atoms with E-state index in [0.29, 0.717) is 74.2 Å². The summed E-state index contributed by atoms with van der Waals surface area (Å²) < 4.78 is 80.8. The highest BCUT2D eigenvalue weighted by Gasteiger charge is 2.44. The van der Waals surface area contributed by atoms with Crippen LogP contribution in [0.25, 0.3) is 6.08 Å². The minimum atomic E-state index is -0.618. The fourth-order valence-corrected chi connectivity index (χ4v) is 15.5. The molecule has 2 saturated heterocycles. The second kappa shape index (κ2) is 26.8. The number of methoxy groups -OCH3 is 1. The van der Waals surface area contributed by atoms with E-state index >= 15 is 17.6 Å². The van der Waals surface area contributed by atoms with E-state index in [1.807, 2.05) is 69.3 Å². The highest BCUT2D eigenvalue weighted by Crippen LogP contribution is 2.57. The van der Waals surface area contributed by atoms with Crippen molar-refractivity contribution in [2.75, 3.05) is 25.6 Å². The van der Waals surface area contributed by atoms with Gasteiger partial charge in [0.2, 0.25) is 5.91 Å². The molecule has 3 unspecified atom stereocenters. The number of hydrogen-bond acceptors (Lipinski definition) is 5. The normalized spacial score (nSPS) is 25.3. The van der Waals surface area contributed by atoms with Gasteiger partial charge in [-0.1, -0.05) is 109 Å². The Morgan fingerprint density at radius 2 is 1.50 bits per heavy atom. The molecule has 440 valence electrons. The molecule has 82 heavy (non-hydrogen) atoms. The van der Waals surface area contributed by atoms with Crippen LogP contribution in [0, 0.1) is 52.9 Å². The number of allylic oxidation sites excluding steroid dienone is 6. The molecule has 6 nitrogen and oxygen atoms in total. The smallest absolute Gasteiger partial charge is 0.217 e. The van der Waals surface area contributed by atoms with Gasteiger partial charge in [-0.25, -0.2) is 17.6 Å². The van der Waals surface area contributed by atoms with E-state index in [2.05, 4.69) is 68.4 Å². The number of likely N-dealkylation sites (tertiary alicyclic amines) is 1. The number of ether oxygens (including phenoxy) is 2. The molecule has 3 aliphatic carbocycles. The van der Waals surface area contributed by atoms with Gasteiger partial charge in [0.25, 0.3) is 0 Å². The Bertz CT molecular complexity index is 3040. The average Bonchev–Trinajstić information content (AvgIpc) is 3.33. The molecule has 2 saturated carbocycles. The summed E-state index contributed by atoms with van der Waals surface area (Å²) in [5.41, 5.74) is 10.8. The number of amides is 1. The molecule has 0 spiro atoms. The average molecular weight is 1120 g/mol. The van der Waals surface area contributed by atoms with Crippen LogP contribution in [0.5, 0.6) is 0 Å². The summed E-state index contributed by atoms with van der Waals surface area (Å²) in [6, 6.07) is 20.3. The Kier molecular flexibility index (Phi) is 19.8. The van der Waals surface area contributed by atoms with Crippen molar-refractivity contribution in [3.8, 4) is 0 Å². The van der Waals surface area contributed by atoms with Crippen molar-refractivity contribution in [1.82, 2.24) is 10.2 Å². The van der Waals surface area contributed by atoms with E-state index < -0.39 is 29.4 Å². The van der Waals surface area contributed by atoms with Gasteiger partial charge in [-0.3, -0.25) is 4.79 Å². The van der Waals surface area contributed by atoms with Crippen LogP contribution < -0.4 is 10.6 Å². The molecule has 4 aromatic carbocycles. The number of fused-ring (bicyclic) bond motifs is 2. The molecular weight excluding hydrogens is 1030 g/mol. The Labute approximate surface area is 488 Å². The van der Waals surface area contributed by atoms with Crippen molar-refractivity contribution < 1.29 is 31.8 Å². The molecule has 6 aliphatic rings. The lowest BCUT2D eigenvalue weighted by Crippen LogP contribution is -2.41. The zero-order valence-corrected chi connectivity index (χ0v) is 50.6. The van der Waals surface area contributed by atoms with Crippen LogP contribution in [-0.2, 0) is 27.1 Å². The van der Waals surface area contributed by atoms with Crippen LogP contribution in [0.1, 0.15) is 207 Å². The molecule has 10 rings (SSSR count). The Morgan fingerprint density at radius 3 is 2.16 bits per heavy atom. The first kappa shape index (κ1) is 60.7. The summed E-state index contributed by atoms with van der Waals surface area (Å²) in [4.78, 5) is 14.8. The van der Waals surface area contributed by atoms with Gasteiger partial charge in [0.15, 0.2) is 0 Å². The summed E-state index contributed by atoms with van der Waals surface area (Å²) in [5.74, 6) is -1.82. The summed E-state index contributed by atoms with van der Waals surface area (Å²) >= 11 is 0. The van der Waals surface area contributed by atoms with Gasteiger partial charge >= 0.3 is 0 Å². The maximum absolute atomic E-state index is 17.3. The lowest BCUT2D eigenvalue weighted by atomic mass is 9.75. The van der Waals surface area contributed by atoms with E-state index in [0.717, 1.165) is 90.2 Å². The molecule has 0 radical (unpaired) electrons. The molecule has 0 bridgehead atoms. The van der Waals surface area contributed by atoms with E-state index in [9.17, 15) is 4.79 Å². The molecule has 10 heteroatoms. The van der Waals surface area contributed by atoms with Gasteiger partial charge in [0.05, 0.1) is 31.1 Å². The summed E-state index contributed by atoms with van der Waals surface area (Å²) in [7, 11) is 1.72. The first-order chi connectivity index (χ1) is 39.6. The van der Waals surface area contributed by atoms with Gasteiger partial charge in [0.1, 0.15) is 23.3 Å². The number of nitrogens with one attached hydrogen (secondary N) is 2. The largest absolute Gasteiger partial charge is 0.501 e. The van der Waals surface area contributed by atoms with Crippen LogP contribution in [-0.4, -0.2) is 43.2 Å². The number of halogens is 4. The maximum atomic E-state index is 17.3. The van der Waals surface area contributed by atoms with E-state index in [1.54, 1.807) is 26.2 Å². The zero-order valence-electron chi connectivity index (χ0n) is 50.6. The van der Waals surface area contributed by atoms with Crippen LogP contribution in [0.3, 0.4) is 0 Å². The van der Waals surface area contributed by atoms with Crippen molar-refractivity contribution >= 4 is 17.7 Å². The van der Waals surface area contributed by atoms with Crippen LogP contribution >= 0.6 is 0 Å². The van der Waals surface area contributed by atoms with Gasteiger partial charge in [-0.05, 0) is 212 Å². The second-order valence-electron chi connectivity index (χ2n) is 24.7. The highest BCUT2D eigenvalue weighted by molar-refractivity contribution is 5.74. The Hall–Kier alpha value is -5.87. The third-order valence-electron chi connectivity index (χ3n) is 19.5. The Balaban J connectivity index is 0.00000401. The fourth-order valence-electron chi connectivity index (χ4n) is 15.5. The third-order valence-corrected chi connectivity index (χ3v) is 19.5. The van der Waals surface area contributed by atoms with Crippen LogP contribution in [0.4, 0.5) is 23.2 Å². The maximum Gasteiger partial charge on any atom is 0.217 e. The molecule has 1 amide bonds. The van der Waals surface area contributed by atoms with Crippen LogP contribution in [0.15, 0.2) is 120 Å². The molecule has 10 atom stereocenters. The summed E-state index contributed by atoms with van der Waals surface area (Å²) in [6.45, 7) is 24.4. The molecule has 0 aromatic heterocycles. The number of carbonyl (C=O) groups excluding carboxylic acids is 1. The Morgan fingerprint density at radius 1 is 0.793 bits per heavy atom. The molecular formula is C72H91F4N3O3. The fraction of sp³-hybridized carbons (Fsp3) is 0.514. The second-order valence-corrected chi connectivity index (χ2v) is 24.7. The zero-order chi connectivity index (χ0) is 58.5. The van der Waals surface area contributed by atoms with Gasteiger partial charge in [0, 0.05) is 61.0 Å². The van der Waals surface area contributed by atoms with Crippen molar-refractivity contribution in [1.29, 1.82) is 0 Å². The minimum Gasteiger partial charge on any atom is -0.501 e. The molecule has 3 heterocycles. The minimum absolute atomic E-state index is 0.0471. The highest BCUT2D eigenvalue weighted by atomic mass is 19.1. The van der Waals surface area contributed by atoms with Crippen LogP contribution in [0.2, 0.25) is 0 Å². The van der Waals surface area contributed by atoms with Gasteiger partial charge in [-0.15, -0.1) is 0 Å². The van der Waals surface area contributed by atoms with Crippen molar-refractivity contribution in [2.45, 2.75) is 188 Å². The number of carbonyl (C=O) groups is 1. The van der Waals surface area contributed by atoms with Gasteiger partial charge < -0.3 is 25.0 Å². The standard InChI is InChI=1S/C70H85F4N3O3.C2H6/c1-10-51(79-9)38-57(40(3)4)42(7)77-29-16-21-66(77)49-31-47-34-59(60(71)35-48(47)32-49)56-25-24-55(68(56)50-36-62(73)69(63(74)37-50)45-23-27-67(80-30-28-45)44-17-13-12-14-18-44)58-33-46-22-26-64(76-65(46)39-61(58)72)54-20-15-19-53(54)52(11-2)70(41(5)6)75-43(8)78;1-2/h10-14,17-18,26,31,33-37,39-41,45,53-57,66-68,70,76H,7,15-16,19-25,27-30,32,38H2,1-6,8-9H3,(H,75,78);1-2H3/b51-10+,52-11+;/t45?,53?,54-,55-,56-,57+,66+,67-,68?,70+;/m1./s1. The van der Waals surface area contributed by atoms with E-state index in [4.69, 9.17) is 16.1 Å². The molecule has 2 N–H and O–H groups in total. The number of anilines is 1. The number of rotatable bonds is 17. The number of benzene rings is 4. The predicted octanol–water partition coefficient (Wildman–Crippen LogP) is 18.2. The number of hydrogen-bond donors (Lipinski definition) is 2. The summed E-state index contributed by atoms with van der Waals surface area (Å²) in [5, 5.41) is 6.89. The quantitative estimate of drug-likeness (QED) is 0.0627. The SMILES string of the molecule is C=C([C@@H](C/C(=C\C)OC)C(C)C)N1CCC[C@H]1C1=Cc2cc([C@H]3CC[C@H](c4cc5c(cc4F)NC([C@@H]4CCCC4/C(=C\C)[C@@H](NC(C)=O)C(C)C)=CC5)C3c3cc(F)c(C4CCO[C@@H](c5ccccc5)CC4)c(F)c3)c(F)cc2C1.CC. The van der Waals surface area contributed by atoms with Crippen molar-refractivity contribution in [2.24, 2.45) is 29.6 Å². The topological polar surface area (TPSA) is 62.8 Å². The first-order valence-corrected chi connectivity index (χ1v) is 31.1. The van der Waals surface area contributed by atoms with E-state index in [1.165, 1.54) is 23.3 Å². The van der Waals surface area contributed by atoms with E-state index in [-0.39, 0.29) is 70.9 Å². The monoisotopic (exact) mass is 1120 g/mol. The molecule has 3 aliphatic heterocycles. The molecule has 4 aromatic rings. The summed E-state index contributed by atoms with van der Waals surface area (Å²) in [6.07, 6.45) is 18.3. The van der Waals surface area contributed by atoms with Gasteiger partial charge in [-0.2, -0.15) is 0 Å². The lowest BCUT2D eigenvalue weighted by Gasteiger charge is -2.36. The first-order valence-electron chi connectivity index (χ1n) is 31.1. The number of nitrogens with zero attached hydrogens (tertiary/aromatic N) is 1. The van der Waals surface area contributed by atoms with Crippen molar-refractivity contribution in [3.63, 3.8) is 0 Å². The van der Waals surface area contributed by atoms with Crippen molar-refractivity contribution in [3.05, 3.63) is 188 Å². The third kappa shape index (κ3) is 12.6. The predicted molar refractivity (Wildman–Crippen MR) is 326 cm³/mol.